The predicted octanol–water partition coefficient (Wildman–Crippen LogP) is 3.12. The summed E-state index contributed by atoms with van der Waals surface area (Å²) < 4.78 is 40.9. The van der Waals surface area contributed by atoms with Crippen molar-refractivity contribution in [2.75, 3.05) is 36.4 Å². The molecule has 0 saturated carbocycles. The van der Waals surface area contributed by atoms with E-state index in [0.717, 1.165) is 45.0 Å². The van der Waals surface area contributed by atoms with Crippen molar-refractivity contribution in [1.82, 2.24) is 5.32 Å². The lowest BCUT2D eigenvalue weighted by atomic mass is 9.87. The molecule has 1 aromatic rings. The first kappa shape index (κ1) is 19.8. The number of alkyl halides is 3. The van der Waals surface area contributed by atoms with E-state index in [1.54, 1.807) is 6.07 Å². The Morgan fingerprint density at radius 1 is 1.28 bits per heavy atom. The number of dihydropyridines is 1. The molecule has 2 unspecified atom stereocenters. The molecule has 2 saturated heterocycles. The van der Waals surface area contributed by atoms with Crippen molar-refractivity contribution in [3.05, 3.63) is 35.1 Å². The molecule has 3 aliphatic heterocycles. The number of nitrogens with one attached hydrogen (secondary N) is 2. The van der Waals surface area contributed by atoms with Crippen LogP contribution in [0, 0.1) is 5.92 Å². The minimum absolute atomic E-state index is 0.0910. The van der Waals surface area contributed by atoms with Crippen LogP contribution in [-0.2, 0) is 11.0 Å². The zero-order valence-electron chi connectivity index (χ0n) is 15.8. The summed E-state index contributed by atoms with van der Waals surface area (Å²) >= 11 is 0. The molecule has 2 atom stereocenters. The van der Waals surface area contributed by atoms with Gasteiger partial charge in [0.1, 0.15) is 5.76 Å². The molecule has 3 heterocycles. The van der Waals surface area contributed by atoms with Crippen molar-refractivity contribution in [2.24, 2.45) is 10.9 Å². The zero-order valence-corrected chi connectivity index (χ0v) is 15.8. The number of aliphatic imine (C=N–C) groups is 1. The standard InChI is InChI=1S/C20H23F3N4O2/c21-20(22,23)15-9-12(27-7-1-2-8-27)3-4-17(15)26-19(29)14-11-25-16-5-6-24-10-13(16)18(14)28/h3-4,9,11,13,16,24,28H,1-2,5-8,10H2,(H,26,29). The first-order valence-electron chi connectivity index (χ1n) is 9.79. The van der Waals surface area contributed by atoms with Crippen molar-refractivity contribution in [2.45, 2.75) is 31.5 Å². The maximum Gasteiger partial charge on any atom is 0.418 e. The van der Waals surface area contributed by atoms with Gasteiger partial charge in [-0.2, -0.15) is 13.2 Å². The average Bonchev–Trinajstić information content (AvgIpc) is 3.22. The average molecular weight is 408 g/mol. The zero-order chi connectivity index (χ0) is 20.6. The van der Waals surface area contributed by atoms with E-state index in [2.05, 4.69) is 15.6 Å². The first-order chi connectivity index (χ1) is 13.8. The van der Waals surface area contributed by atoms with Crippen molar-refractivity contribution in [3.8, 4) is 0 Å². The van der Waals surface area contributed by atoms with Gasteiger partial charge in [-0.05, 0) is 44.0 Å². The number of carbonyl (C=O) groups is 1. The molecule has 0 spiro atoms. The summed E-state index contributed by atoms with van der Waals surface area (Å²) in [5, 5.41) is 15.9. The van der Waals surface area contributed by atoms with Gasteiger partial charge in [0.05, 0.1) is 28.8 Å². The number of rotatable bonds is 3. The third kappa shape index (κ3) is 3.96. The summed E-state index contributed by atoms with van der Waals surface area (Å²) in [4.78, 5) is 18.9. The van der Waals surface area contributed by atoms with Crippen LogP contribution in [0.1, 0.15) is 24.8 Å². The third-order valence-corrected chi connectivity index (χ3v) is 5.74. The summed E-state index contributed by atoms with van der Waals surface area (Å²) in [6, 6.07) is 3.82. The summed E-state index contributed by atoms with van der Waals surface area (Å²) in [6.07, 6.45) is -0.722. The highest BCUT2D eigenvalue weighted by Gasteiger charge is 2.37. The second kappa shape index (κ2) is 7.70. The van der Waals surface area contributed by atoms with Crippen molar-refractivity contribution >= 4 is 23.5 Å². The number of carbonyl (C=O) groups excluding carboxylic acids is 1. The van der Waals surface area contributed by atoms with E-state index in [1.807, 2.05) is 4.90 Å². The molecule has 9 heteroatoms. The number of amides is 1. The van der Waals surface area contributed by atoms with Gasteiger partial charge >= 0.3 is 6.18 Å². The van der Waals surface area contributed by atoms with E-state index in [0.29, 0.717) is 12.2 Å². The monoisotopic (exact) mass is 408 g/mol. The van der Waals surface area contributed by atoms with E-state index < -0.39 is 17.6 Å². The molecule has 0 bridgehead atoms. The topological polar surface area (TPSA) is 77.0 Å². The van der Waals surface area contributed by atoms with E-state index in [1.165, 1.54) is 12.3 Å². The number of anilines is 2. The summed E-state index contributed by atoms with van der Waals surface area (Å²) in [7, 11) is 0. The van der Waals surface area contributed by atoms with Gasteiger partial charge in [0.15, 0.2) is 0 Å². The molecule has 1 aromatic carbocycles. The number of aliphatic hydroxyl groups is 1. The number of halogens is 3. The van der Waals surface area contributed by atoms with E-state index in [-0.39, 0.29) is 29.0 Å². The lowest BCUT2D eigenvalue weighted by molar-refractivity contribution is -0.136. The van der Waals surface area contributed by atoms with Gasteiger partial charge in [-0.1, -0.05) is 0 Å². The Hall–Kier alpha value is -2.55. The lowest BCUT2D eigenvalue weighted by Gasteiger charge is -2.32. The van der Waals surface area contributed by atoms with E-state index in [9.17, 15) is 23.1 Å². The molecule has 0 aromatic heterocycles. The first-order valence-corrected chi connectivity index (χ1v) is 9.79. The fourth-order valence-electron chi connectivity index (χ4n) is 4.15. The van der Waals surface area contributed by atoms with Crippen LogP contribution >= 0.6 is 0 Å². The molecule has 4 rings (SSSR count). The second-order valence-corrected chi connectivity index (χ2v) is 7.62. The SMILES string of the molecule is O=C(Nc1ccc(N2CCCC2)cc1C(F)(F)F)C1=C(O)C2CNCCC2N=C1. The Morgan fingerprint density at radius 2 is 2.03 bits per heavy atom. The molecule has 3 N–H and O–H groups in total. The van der Waals surface area contributed by atoms with Crippen molar-refractivity contribution < 1.29 is 23.1 Å². The molecule has 6 nitrogen and oxygen atoms in total. The van der Waals surface area contributed by atoms with Crippen LogP contribution in [0.5, 0.6) is 0 Å². The van der Waals surface area contributed by atoms with Crippen LogP contribution in [0.3, 0.4) is 0 Å². The minimum Gasteiger partial charge on any atom is -0.511 e. The predicted molar refractivity (Wildman–Crippen MR) is 104 cm³/mol. The number of nitrogens with zero attached hydrogens (tertiary/aromatic N) is 2. The Kier molecular flexibility index (Phi) is 5.24. The fraction of sp³-hybridized carbons (Fsp3) is 0.500. The fourth-order valence-corrected chi connectivity index (χ4v) is 4.15. The van der Waals surface area contributed by atoms with Crippen LogP contribution in [-0.4, -0.2) is 49.4 Å². The van der Waals surface area contributed by atoms with Gasteiger partial charge in [0.25, 0.3) is 5.91 Å². The van der Waals surface area contributed by atoms with Gasteiger partial charge in [-0.15, -0.1) is 0 Å². The highest BCUT2D eigenvalue weighted by atomic mass is 19.4. The van der Waals surface area contributed by atoms with Crippen LogP contribution in [0.15, 0.2) is 34.5 Å². The number of aliphatic hydroxyl groups excluding tert-OH is 1. The number of hydrogen-bond acceptors (Lipinski definition) is 5. The molecule has 2 fully saturated rings. The number of piperidine rings is 1. The third-order valence-electron chi connectivity index (χ3n) is 5.74. The summed E-state index contributed by atoms with van der Waals surface area (Å²) in [5.41, 5.74) is -0.833. The highest BCUT2D eigenvalue weighted by Crippen LogP contribution is 2.38. The van der Waals surface area contributed by atoms with E-state index >= 15 is 0 Å². The molecular weight excluding hydrogens is 385 g/mol. The molecule has 3 aliphatic rings. The second-order valence-electron chi connectivity index (χ2n) is 7.62. The van der Waals surface area contributed by atoms with Gasteiger partial charge in [-0.3, -0.25) is 9.79 Å². The van der Waals surface area contributed by atoms with Gasteiger partial charge < -0.3 is 20.6 Å². The smallest absolute Gasteiger partial charge is 0.418 e. The van der Waals surface area contributed by atoms with E-state index in [4.69, 9.17) is 0 Å². The minimum atomic E-state index is -4.62. The lowest BCUT2D eigenvalue weighted by Crippen LogP contribution is -2.42. The number of fused-ring (bicyclic) bond motifs is 1. The van der Waals surface area contributed by atoms with Crippen LogP contribution in [0.2, 0.25) is 0 Å². The van der Waals surface area contributed by atoms with Crippen molar-refractivity contribution in [3.63, 3.8) is 0 Å². The Morgan fingerprint density at radius 3 is 2.76 bits per heavy atom. The summed E-state index contributed by atoms with van der Waals surface area (Å²) in [6.45, 7) is 2.68. The largest absolute Gasteiger partial charge is 0.511 e. The van der Waals surface area contributed by atoms with Crippen LogP contribution in [0.4, 0.5) is 24.5 Å². The normalized spacial score (nSPS) is 24.6. The summed E-state index contributed by atoms with van der Waals surface area (Å²) in [5.74, 6) is -1.26. The molecule has 1 amide bonds. The van der Waals surface area contributed by atoms with Gasteiger partial charge in [0.2, 0.25) is 0 Å². The Balaban J connectivity index is 1.60. The van der Waals surface area contributed by atoms with Gasteiger partial charge in [0, 0.05) is 31.5 Å². The molecule has 0 radical (unpaired) electrons. The van der Waals surface area contributed by atoms with Gasteiger partial charge in [-0.25, -0.2) is 0 Å². The maximum atomic E-state index is 13.6. The highest BCUT2D eigenvalue weighted by molar-refractivity contribution is 6.18. The Labute approximate surface area is 166 Å². The van der Waals surface area contributed by atoms with Crippen molar-refractivity contribution in [1.29, 1.82) is 0 Å². The maximum absolute atomic E-state index is 13.6. The Bertz CT molecular complexity index is 860. The molecule has 29 heavy (non-hydrogen) atoms. The molecule has 156 valence electrons. The number of hydrogen-bond donors (Lipinski definition) is 3. The quantitative estimate of drug-likeness (QED) is 0.718. The van der Waals surface area contributed by atoms with Crippen LogP contribution in [0.25, 0.3) is 0 Å². The number of benzene rings is 1. The van der Waals surface area contributed by atoms with Crippen LogP contribution < -0.4 is 15.5 Å². The molecule has 0 aliphatic carbocycles. The molecular formula is C20H23F3N4O2.